The third-order valence-electron chi connectivity index (χ3n) is 3.50. The topological polar surface area (TPSA) is 68.2 Å². The number of aliphatic imine (C=N–C) groups is 1. The van der Waals surface area contributed by atoms with Crippen LogP contribution in [0.1, 0.15) is 37.9 Å². The highest BCUT2D eigenvalue weighted by Gasteiger charge is 2.28. The van der Waals surface area contributed by atoms with Gasteiger partial charge in [0.2, 0.25) is 0 Å². The Hall–Kier alpha value is -1.00. The van der Waals surface area contributed by atoms with Gasteiger partial charge in [0.1, 0.15) is 18.9 Å². The molecular weight excluding hydrogens is 410 g/mol. The van der Waals surface area contributed by atoms with E-state index in [-0.39, 0.29) is 42.3 Å². The lowest BCUT2D eigenvalue weighted by atomic mass is 9.96. The lowest BCUT2D eigenvalue weighted by Gasteiger charge is -2.23. The number of halogens is 4. The average Bonchev–Trinajstić information content (AvgIpc) is 2.82. The maximum atomic E-state index is 12.4. The Morgan fingerprint density at radius 1 is 1.36 bits per heavy atom. The smallest absolute Gasteiger partial charge is 0.370 e. The number of hydrogen-bond acceptors (Lipinski definition) is 2. The predicted octanol–water partition coefficient (Wildman–Crippen LogP) is 2.80. The molecule has 1 aromatic rings. The van der Waals surface area contributed by atoms with E-state index < -0.39 is 12.7 Å². The van der Waals surface area contributed by atoms with Crippen LogP contribution in [-0.2, 0) is 13.1 Å². The Morgan fingerprint density at radius 2 is 2.05 bits per heavy atom. The van der Waals surface area contributed by atoms with E-state index in [1.165, 1.54) is 31.7 Å². The summed E-state index contributed by atoms with van der Waals surface area (Å²) in [5.41, 5.74) is 5.78. The zero-order valence-corrected chi connectivity index (χ0v) is 14.5. The molecule has 22 heavy (non-hydrogen) atoms. The molecule has 1 aliphatic rings. The van der Waals surface area contributed by atoms with Crippen LogP contribution in [0, 0.1) is 0 Å². The molecule has 1 heterocycles. The van der Waals surface area contributed by atoms with Crippen molar-refractivity contribution < 1.29 is 13.2 Å². The number of hydrogen-bond donors (Lipinski definition) is 2. The summed E-state index contributed by atoms with van der Waals surface area (Å²) in [6.07, 6.45) is 4.04. The van der Waals surface area contributed by atoms with Crippen LogP contribution < -0.4 is 11.1 Å². The zero-order valence-electron chi connectivity index (χ0n) is 12.1. The summed E-state index contributed by atoms with van der Waals surface area (Å²) in [5.74, 6) is 0.518. The average molecular weight is 431 g/mol. The number of nitrogens with one attached hydrogen (secondary N) is 1. The number of aromatic nitrogens is 2. The fourth-order valence-corrected chi connectivity index (χ4v) is 2.49. The van der Waals surface area contributed by atoms with E-state index in [9.17, 15) is 13.2 Å². The van der Waals surface area contributed by atoms with Crippen LogP contribution in [0.5, 0.6) is 0 Å². The van der Waals surface area contributed by atoms with Crippen LogP contribution in [-0.4, -0.2) is 27.7 Å². The van der Waals surface area contributed by atoms with Crippen LogP contribution >= 0.6 is 24.0 Å². The molecule has 0 bridgehead atoms. The molecule has 0 radical (unpaired) electrons. The zero-order chi connectivity index (χ0) is 15.3. The molecule has 0 amide bonds. The van der Waals surface area contributed by atoms with Gasteiger partial charge in [0, 0.05) is 18.4 Å². The fraction of sp³-hybridized carbons (Fsp3) is 0.692. The number of nitrogens with two attached hydrogens (primary N) is 1. The first kappa shape index (κ1) is 19.0. The van der Waals surface area contributed by atoms with Crippen molar-refractivity contribution in [1.82, 2.24) is 14.9 Å². The molecule has 126 valence electrons. The van der Waals surface area contributed by atoms with E-state index in [4.69, 9.17) is 5.73 Å². The van der Waals surface area contributed by atoms with Gasteiger partial charge in [0.15, 0.2) is 5.96 Å². The second-order valence-corrected chi connectivity index (χ2v) is 5.27. The first-order valence-electron chi connectivity index (χ1n) is 7.07. The van der Waals surface area contributed by atoms with Crippen LogP contribution in [0.15, 0.2) is 17.4 Å². The molecule has 0 saturated heterocycles. The standard InChI is InChI=1S/C13H20F3N5.HI/c14-13(15,16)9-21-7-6-18-11(21)8-19-12(17)20-10-4-2-1-3-5-10;/h6-7,10H,1-5,8-9H2,(H3,17,19,20);1H. The maximum Gasteiger partial charge on any atom is 0.406 e. The molecule has 0 aromatic carbocycles. The summed E-state index contributed by atoms with van der Waals surface area (Å²) in [6, 6.07) is 0.317. The van der Waals surface area contributed by atoms with Gasteiger partial charge in [-0.15, -0.1) is 24.0 Å². The van der Waals surface area contributed by atoms with Crippen molar-refractivity contribution in [3.05, 3.63) is 18.2 Å². The van der Waals surface area contributed by atoms with Crippen LogP contribution in [0.25, 0.3) is 0 Å². The van der Waals surface area contributed by atoms with E-state index in [2.05, 4.69) is 15.3 Å². The molecule has 0 unspecified atom stereocenters. The van der Waals surface area contributed by atoms with Crippen LogP contribution in [0.4, 0.5) is 13.2 Å². The molecule has 1 aliphatic carbocycles. The molecular formula is C13H21F3IN5. The third kappa shape index (κ3) is 6.41. The van der Waals surface area contributed by atoms with Gasteiger partial charge in [-0.05, 0) is 12.8 Å². The first-order valence-corrected chi connectivity index (χ1v) is 7.07. The molecule has 0 spiro atoms. The number of guanidine groups is 1. The summed E-state index contributed by atoms with van der Waals surface area (Å²) in [7, 11) is 0. The largest absolute Gasteiger partial charge is 0.406 e. The highest BCUT2D eigenvalue weighted by Crippen LogP contribution is 2.19. The molecule has 1 aromatic heterocycles. The van der Waals surface area contributed by atoms with Gasteiger partial charge < -0.3 is 15.6 Å². The summed E-state index contributed by atoms with van der Waals surface area (Å²) >= 11 is 0. The monoisotopic (exact) mass is 431 g/mol. The van der Waals surface area contributed by atoms with Gasteiger partial charge in [-0.2, -0.15) is 13.2 Å². The number of alkyl halides is 3. The van der Waals surface area contributed by atoms with E-state index in [0.29, 0.717) is 6.04 Å². The maximum absolute atomic E-state index is 12.4. The quantitative estimate of drug-likeness (QED) is 0.438. The SMILES string of the molecule is I.NC(=NCc1nccn1CC(F)(F)F)NC1CCCCC1. The van der Waals surface area contributed by atoms with Crippen molar-refractivity contribution in [1.29, 1.82) is 0 Å². The van der Waals surface area contributed by atoms with E-state index in [0.717, 1.165) is 17.4 Å². The second-order valence-electron chi connectivity index (χ2n) is 5.27. The molecule has 5 nitrogen and oxygen atoms in total. The molecule has 1 saturated carbocycles. The summed E-state index contributed by atoms with van der Waals surface area (Å²) in [6.45, 7) is -1.03. The Balaban J connectivity index is 0.00000242. The minimum atomic E-state index is -4.27. The molecule has 1 fully saturated rings. The van der Waals surface area contributed by atoms with Gasteiger partial charge >= 0.3 is 6.18 Å². The van der Waals surface area contributed by atoms with Gasteiger partial charge in [-0.3, -0.25) is 0 Å². The Kier molecular flexibility index (Phi) is 7.43. The van der Waals surface area contributed by atoms with Crippen molar-refractivity contribution in [2.45, 2.75) is 57.4 Å². The van der Waals surface area contributed by atoms with E-state index in [1.807, 2.05) is 0 Å². The summed E-state index contributed by atoms with van der Waals surface area (Å²) < 4.78 is 38.2. The Labute approximate surface area is 144 Å². The molecule has 0 atom stereocenters. The first-order chi connectivity index (χ1) is 9.94. The van der Waals surface area contributed by atoms with Gasteiger partial charge in [-0.25, -0.2) is 9.98 Å². The Bertz CT molecular complexity index is 480. The molecule has 3 N–H and O–H groups in total. The van der Waals surface area contributed by atoms with E-state index in [1.54, 1.807) is 0 Å². The number of imidazole rings is 1. The van der Waals surface area contributed by atoms with Crippen molar-refractivity contribution in [2.24, 2.45) is 10.7 Å². The minimum absolute atomic E-state index is 0. The van der Waals surface area contributed by atoms with Crippen molar-refractivity contribution in [3.63, 3.8) is 0 Å². The normalized spacial score (nSPS) is 17.1. The fourth-order valence-electron chi connectivity index (χ4n) is 2.49. The Morgan fingerprint density at radius 3 is 2.68 bits per heavy atom. The van der Waals surface area contributed by atoms with Gasteiger partial charge in [-0.1, -0.05) is 19.3 Å². The van der Waals surface area contributed by atoms with Crippen molar-refractivity contribution in [2.75, 3.05) is 0 Å². The van der Waals surface area contributed by atoms with E-state index >= 15 is 0 Å². The summed E-state index contributed by atoms with van der Waals surface area (Å²) in [4.78, 5) is 7.98. The third-order valence-corrected chi connectivity index (χ3v) is 3.50. The highest BCUT2D eigenvalue weighted by atomic mass is 127. The molecule has 0 aliphatic heterocycles. The number of rotatable bonds is 4. The lowest BCUT2D eigenvalue weighted by Crippen LogP contribution is -2.41. The van der Waals surface area contributed by atoms with Crippen molar-refractivity contribution >= 4 is 29.9 Å². The highest BCUT2D eigenvalue weighted by molar-refractivity contribution is 14.0. The van der Waals surface area contributed by atoms with Gasteiger partial charge in [0.25, 0.3) is 0 Å². The van der Waals surface area contributed by atoms with Gasteiger partial charge in [0.05, 0.1) is 0 Å². The van der Waals surface area contributed by atoms with Crippen LogP contribution in [0.3, 0.4) is 0 Å². The minimum Gasteiger partial charge on any atom is -0.370 e. The summed E-state index contributed by atoms with van der Waals surface area (Å²) in [5, 5.41) is 3.12. The number of nitrogens with zero attached hydrogens (tertiary/aromatic N) is 3. The molecule has 2 rings (SSSR count). The lowest BCUT2D eigenvalue weighted by molar-refractivity contribution is -0.141. The predicted molar refractivity (Wildman–Crippen MR) is 89.0 cm³/mol. The second kappa shape index (κ2) is 8.59. The van der Waals surface area contributed by atoms with Crippen LogP contribution in [0.2, 0.25) is 0 Å². The molecule has 9 heteroatoms. The van der Waals surface area contributed by atoms with Crippen molar-refractivity contribution in [3.8, 4) is 0 Å².